The van der Waals surface area contributed by atoms with Gasteiger partial charge in [-0.2, -0.15) is 0 Å². The summed E-state index contributed by atoms with van der Waals surface area (Å²) in [6.07, 6.45) is 0.455. The average Bonchev–Trinajstić information content (AvgIpc) is 2.08. The summed E-state index contributed by atoms with van der Waals surface area (Å²) in [4.78, 5) is 13.7. The predicted octanol–water partition coefficient (Wildman–Crippen LogP) is 0.354. The van der Waals surface area contributed by atoms with Crippen LogP contribution >= 0.6 is 12.4 Å². The maximum absolute atomic E-state index is 11.8. The Morgan fingerprint density at radius 2 is 2.20 bits per heavy atom. The Hall–Kier alpha value is -0.320. The van der Waals surface area contributed by atoms with E-state index in [1.54, 1.807) is 0 Å². The van der Waals surface area contributed by atoms with Crippen molar-refractivity contribution >= 4 is 18.3 Å². The van der Waals surface area contributed by atoms with Gasteiger partial charge in [-0.1, -0.05) is 0 Å². The van der Waals surface area contributed by atoms with Gasteiger partial charge >= 0.3 is 0 Å². The molecular formula is C10H22ClN3O. The molecule has 0 bridgehead atoms. The number of piperazine rings is 1. The van der Waals surface area contributed by atoms with Crippen LogP contribution in [0.1, 0.15) is 27.2 Å². The van der Waals surface area contributed by atoms with E-state index in [0.717, 1.165) is 13.1 Å². The molecule has 5 heteroatoms. The summed E-state index contributed by atoms with van der Waals surface area (Å²) in [6, 6.07) is 0.607. The van der Waals surface area contributed by atoms with E-state index in [2.05, 4.69) is 19.2 Å². The molecule has 1 aliphatic heterocycles. The summed E-state index contributed by atoms with van der Waals surface area (Å²) >= 11 is 0. The van der Waals surface area contributed by atoms with Gasteiger partial charge in [0.2, 0.25) is 5.91 Å². The molecular weight excluding hydrogens is 214 g/mol. The smallest absolute Gasteiger partial charge is 0.224 e. The van der Waals surface area contributed by atoms with E-state index in [0.29, 0.717) is 12.5 Å². The maximum Gasteiger partial charge on any atom is 0.224 e. The third-order valence-corrected chi connectivity index (χ3v) is 2.85. The van der Waals surface area contributed by atoms with Gasteiger partial charge in [0.25, 0.3) is 0 Å². The third-order valence-electron chi connectivity index (χ3n) is 2.85. The number of nitrogens with two attached hydrogens (primary N) is 1. The molecule has 1 saturated heterocycles. The fourth-order valence-electron chi connectivity index (χ4n) is 1.80. The molecule has 0 aromatic carbocycles. The molecule has 1 rings (SSSR count). The van der Waals surface area contributed by atoms with E-state index in [-0.39, 0.29) is 30.4 Å². The molecule has 0 saturated carbocycles. The molecule has 0 aromatic heterocycles. The molecule has 4 nitrogen and oxygen atoms in total. The fourth-order valence-corrected chi connectivity index (χ4v) is 1.80. The molecule has 0 spiro atoms. The van der Waals surface area contributed by atoms with Crippen molar-refractivity contribution in [2.75, 3.05) is 13.1 Å². The van der Waals surface area contributed by atoms with Crippen LogP contribution in [-0.4, -0.2) is 42.0 Å². The van der Waals surface area contributed by atoms with Crippen molar-refractivity contribution in [2.24, 2.45) is 5.73 Å². The summed E-state index contributed by atoms with van der Waals surface area (Å²) in [5.74, 6) is 0.181. The molecule has 0 radical (unpaired) electrons. The summed E-state index contributed by atoms with van der Waals surface area (Å²) in [7, 11) is 0. The summed E-state index contributed by atoms with van der Waals surface area (Å²) in [6.45, 7) is 7.74. The number of carbonyl (C=O) groups excluding carboxylic acids is 1. The molecule has 1 aliphatic rings. The molecule has 15 heavy (non-hydrogen) atoms. The summed E-state index contributed by atoms with van der Waals surface area (Å²) < 4.78 is 0. The lowest BCUT2D eigenvalue weighted by molar-refractivity contribution is -0.135. The Morgan fingerprint density at radius 3 is 2.73 bits per heavy atom. The van der Waals surface area contributed by atoms with Gasteiger partial charge in [-0.05, 0) is 20.8 Å². The third kappa shape index (κ3) is 3.97. The van der Waals surface area contributed by atoms with E-state index in [1.165, 1.54) is 0 Å². The van der Waals surface area contributed by atoms with Gasteiger partial charge in [0.15, 0.2) is 0 Å². The van der Waals surface area contributed by atoms with E-state index in [9.17, 15) is 4.79 Å². The zero-order valence-corrected chi connectivity index (χ0v) is 10.5. The van der Waals surface area contributed by atoms with Crippen LogP contribution in [0.15, 0.2) is 0 Å². The number of carbonyl (C=O) groups is 1. The van der Waals surface area contributed by atoms with Gasteiger partial charge in [-0.25, -0.2) is 0 Å². The van der Waals surface area contributed by atoms with Crippen LogP contribution in [0.25, 0.3) is 0 Å². The number of amides is 1. The van der Waals surface area contributed by atoms with Crippen molar-refractivity contribution < 1.29 is 4.79 Å². The normalized spacial score (nSPS) is 28.1. The average molecular weight is 236 g/mol. The second kappa shape index (κ2) is 6.30. The minimum atomic E-state index is -0.0418. The first-order chi connectivity index (χ1) is 6.52. The fraction of sp³-hybridized carbons (Fsp3) is 0.900. The maximum atomic E-state index is 11.8. The van der Waals surface area contributed by atoms with Crippen LogP contribution in [0.5, 0.6) is 0 Å². The van der Waals surface area contributed by atoms with Crippen molar-refractivity contribution in [3.05, 3.63) is 0 Å². The predicted molar refractivity (Wildman–Crippen MR) is 64.2 cm³/mol. The Bertz CT molecular complexity index is 211. The zero-order chi connectivity index (χ0) is 10.7. The van der Waals surface area contributed by atoms with Crippen molar-refractivity contribution in [1.29, 1.82) is 0 Å². The van der Waals surface area contributed by atoms with Gasteiger partial charge in [0, 0.05) is 37.6 Å². The highest BCUT2D eigenvalue weighted by Gasteiger charge is 2.27. The van der Waals surface area contributed by atoms with Gasteiger partial charge in [-0.15, -0.1) is 12.4 Å². The highest BCUT2D eigenvalue weighted by molar-refractivity contribution is 5.85. The first kappa shape index (κ1) is 14.7. The number of rotatable bonds is 2. The Kier molecular flexibility index (Phi) is 6.17. The van der Waals surface area contributed by atoms with Crippen molar-refractivity contribution in [2.45, 2.75) is 45.3 Å². The van der Waals surface area contributed by atoms with Gasteiger partial charge in [0.1, 0.15) is 0 Å². The quantitative estimate of drug-likeness (QED) is 0.727. The minimum absolute atomic E-state index is 0. The van der Waals surface area contributed by atoms with Crippen LogP contribution in [0.3, 0.4) is 0 Å². The van der Waals surface area contributed by atoms with Crippen molar-refractivity contribution in [3.63, 3.8) is 0 Å². The molecule has 0 aromatic rings. The molecule has 3 atom stereocenters. The lowest BCUT2D eigenvalue weighted by atomic mass is 10.1. The van der Waals surface area contributed by atoms with Gasteiger partial charge in [0.05, 0.1) is 0 Å². The first-order valence-electron chi connectivity index (χ1n) is 5.30. The molecule has 3 N–H and O–H groups in total. The van der Waals surface area contributed by atoms with Gasteiger partial charge < -0.3 is 16.0 Å². The molecule has 90 valence electrons. The second-order valence-electron chi connectivity index (χ2n) is 4.25. The molecule has 0 aliphatic carbocycles. The van der Waals surface area contributed by atoms with Crippen LogP contribution in [0.2, 0.25) is 0 Å². The molecule has 1 fully saturated rings. The Morgan fingerprint density at radius 1 is 1.60 bits per heavy atom. The van der Waals surface area contributed by atoms with E-state index >= 15 is 0 Å². The number of nitrogens with one attached hydrogen (secondary N) is 1. The number of halogens is 1. The number of hydrogen-bond acceptors (Lipinski definition) is 3. The topological polar surface area (TPSA) is 58.4 Å². The Labute approximate surface area is 98.0 Å². The monoisotopic (exact) mass is 235 g/mol. The van der Waals surface area contributed by atoms with Crippen molar-refractivity contribution in [3.8, 4) is 0 Å². The number of nitrogens with zero attached hydrogens (tertiary/aromatic N) is 1. The Balaban J connectivity index is 0.00000196. The van der Waals surface area contributed by atoms with Crippen LogP contribution < -0.4 is 11.1 Å². The molecule has 1 heterocycles. The van der Waals surface area contributed by atoms with E-state index < -0.39 is 0 Å². The second-order valence-corrected chi connectivity index (χ2v) is 4.25. The van der Waals surface area contributed by atoms with Gasteiger partial charge in [-0.3, -0.25) is 4.79 Å². The van der Waals surface area contributed by atoms with Crippen LogP contribution in [0, 0.1) is 0 Å². The standard InChI is InChI=1S/C10H21N3O.ClH/c1-7(11)6-10(14)13-5-4-12-8(2)9(13)3;/h7-9,12H,4-6,11H2,1-3H3;1H. The van der Waals surface area contributed by atoms with E-state index in [1.807, 2.05) is 11.8 Å². The highest BCUT2D eigenvalue weighted by Crippen LogP contribution is 2.10. The van der Waals surface area contributed by atoms with E-state index in [4.69, 9.17) is 5.73 Å². The minimum Gasteiger partial charge on any atom is -0.337 e. The summed E-state index contributed by atoms with van der Waals surface area (Å²) in [5, 5.41) is 3.34. The first-order valence-corrected chi connectivity index (χ1v) is 5.30. The summed E-state index contributed by atoms with van der Waals surface area (Å²) in [5.41, 5.74) is 5.62. The lowest BCUT2D eigenvalue weighted by Crippen LogP contribution is -2.57. The van der Waals surface area contributed by atoms with Crippen molar-refractivity contribution in [1.82, 2.24) is 10.2 Å². The zero-order valence-electron chi connectivity index (χ0n) is 9.69. The molecule has 3 unspecified atom stereocenters. The number of hydrogen-bond donors (Lipinski definition) is 2. The lowest BCUT2D eigenvalue weighted by Gasteiger charge is -2.39. The molecule has 1 amide bonds. The van der Waals surface area contributed by atoms with Crippen LogP contribution in [-0.2, 0) is 4.79 Å². The van der Waals surface area contributed by atoms with Crippen LogP contribution in [0.4, 0.5) is 0 Å². The highest BCUT2D eigenvalue weighted by atomic mass is 35.5. The largest absolute Gasteiger partial charge is 0.337 e. The SMILES string of the molecule is CC(N)CC(=O)N1CCNC(C)C1C.Cl.